The van der Waals surface area contributed by atoms with E-state index in [4.69, 9.17) is 34.2 Å². The predicted octanol–water partition coefficient (Wildman–Crippen LogP) is 4.92. The molecule has 2 unspecified atom stereocenters. The molecule has 1 aliphatic carbocycles. The Balaban J connectivity index is 0.000000396. The summed E-state index contributed by atoms with van der Waals surface area (Å²) in [6.45, 7) is 12.4. The van der Waals surface area contributed by atoms with Crippen molar-refractivity contribution in [2.45, 2.75) is 52.0 Å². The zero-order chi connectivity index (χ0) is 24.8. The number of carbonyl (C=O) groups is 1. The highest BCUT2D eigenvalue weighted by atomic mass is 35.5. The van der Waals surface area contributed by atoms with Crippen molar-refractivity contribution in [1.29, 1.82) is 0 Å². The maximum absolute atomic E-state index is 9.98. The summed E-state index contributed by atoms with van der Waals surface area (Å²) < 4.78 is 0. The smallest absolute Gasteiger partial charge is 0.306 e. The zero-order valence-corrected chi connectivity index (χ0v) is 21.7. The number of aliphatic carboxylic acids is 1. The van der Waals surface area contributed by atoms with E-state index in [0.29, 0.717) is 15.9 Å². The lowest BCUT2D eigenvalue weighted by atomic mass is 9.81. The van der Waals surface area contributed by atoms with Crippen LogP contribution in [-0.2, 0) is 4.79 Å². The molecule has 0 amide bonds. The van der Waals surface area contributed by atoms with Crippen molar-refractivity contribution < 1.29 is 9.90 Å². The Morgan fingerprint density at radius 3 is 2.47 bits per heavy atom. The van der Waals surface area contributed by atoms with Crippen LogP contribution in [-0.4, -0.2) is 53.0 Å². The number of nitrogens with one attached hydrogen (secondary N) is 1. The van der Waals surface area contributed by atoms with Crippen LogP contribution in [0.25, 0.3) is 0 Å². The molecule has 2 atom stereocenters. The van der Waals surface area contributed by atoms with Crippen LogP contribution in [0.5, 0.6) is 0 Å². The molecule has 3 aliphatic rings. The molecule has 34 heavy (non-hydrogen) atoms. The Bertz CT molecular complexity index is 893. The van der Waals surface area contributed by atoms with E-state index in [9.17, 15) is 4.79 Å². The van der Waals surface area contributed by atoms with Crippen LogP contribution in [0.1, 0.15) is 57.6 Å². The number of nitrogens with two attached hydrogens (primary N) is 1. The standard InChI is InChI=1S/C20H29Cl2N5.C5H8O2/c1-13(19-7-6-18(21)9-20(19)22)27(23)15(3)25-14(2)26-11-17(12-26)16-5-4-8-24-10-16;6-5(7)4-2-1-3-4/h6-7,9,13,16-17,24H,2,4-5,8,10-12,23H2,1,3H3;4H,1-3H2,(H,6,7)/b25-15+;. The second kappa shape index (κ2) is 12.2. The number of halogens is 2. The Kier molecular flexibility index (Phi) is 9.65. The molecule has 3 fully saturated rings. The fourth-order valence-electron chi connectivity index (χ4n) is 4.54. The average molecular weight is 511 g/mol. The van der Waals surface area contributed by atoms with E-state index in [1.165, 1.54) is 12.8 Å². The maximum atomic E-state index is 9.98. The summed E-state index contributed by atoms with van der Waals surface area (Å²) in [6, 6.07) is 5.33. The van der Waals surface area contributed by atoms with Gasteiger partial charge in [0, 0.05) is 23.1 Å². The minimum absolute atomic E-state index is 0.000000000000000444. The molecule has 2 heterocycles. The summed E-state index contributed by atoms with van der Waals surface area (Å²) in [7, 11) is 0. The van der Waals surface area contributed by atoms with Gasteiger partial charge in [0.15, 0.2) is 0 Å². The number of nitrogens with zero attached hydrogens (tertiary/aromatic N) is 3. The molecule has 7 nitrogen and oxygen atoms in total. The van der Waals surface area contributed by atoms with Gasteiger partial charge in [-0.05, 0) is 82.2 Å². The number of carboxylic acids is 1. The quantitative estimate of drug-likeness (QED) is 0.218. The number of hydrogen-bond acceptors (Lipinski definition) is 5. The van der Waals surface area contributed by atoms with E-state index in [0.717, 1.165) is 68.7 Å². The van der Waals surface area contributed by atoms with Crippen LogP contribution in [0.4, 0.5) is 0 Å². The number of aliphatic imine (C=N–C) groups is 1. The first kappa shape index (κ1) is 26.8. The summed E-state index contributed by atoms with van der Waals surface area (Å²) in [6.07, 6.45) is 5.52. The predicted molar refractivity (Wildman–Crippen MR) is 139 cm³/mol. The molecule has 0 aromatic heterocycles. The van der Waals surface area contributed by atoms with Gasteiger partial charge in [-0.2, -0.15) is 0 Å². The van der Waals surface area contributed by atoms with Crippen molar-refractivity contribution in [2.24, 2.45) is 28.6 Å². The van der Waals surface area contributed by atoms with Gasteiger partial charge in [0.05, 0.1) is 12.0 Å². The number of piperidine rings is 1. The minimum Gasteiger partial charge on any atom is -0.481 e. The lowest BCUT2D eigenvalue weighted by Crippen LogP contribution is -2.52. The highest BCUT2D eigenvalue weighted by molar-refractivity contribution is 6.35. The number of rotatable bonds is 6. The van der Waals surface area contributed by atoms with E-state index in [1.807, 2.05) is 26.0 Å². The lowest BCUT2D eigenvalue weighted by Gasteiger charge is -2.46. The Morgan fingerprint density at radius 1 is 1.26 bits per heavy atom. The van der Waals surface area contributed by atoms with Gasteiger partial charge in [-0.1, -0.05) is 42.3 Å². The average Bonchev–Trinajstić information content (AvgIpc) is 2.71. The van der Waals surface area contributed by atoms with E-state index in [1.54, 1.807) is 11.1 Å². The van der Waals surface area contributed by atoms with E-state index >= 15 is 0 Å². The second-order valence-corrected chi connectivity index (χ2v) is 10.4. The number of hydrogen-bond donors (Lipinski definition) is 3. The monoisotopic (exact) mass is 509 g/mol. The van der Waals surface area contributed by atoms with Crippen LogP contribution in [0.2, 0.25) is 10.0 Å². The lowest BCUT2D eigenvalue weighted by molar-refractivity contribution is -0.144. The second-order valence-electron chi connectivity index (χ2n) is 9.56. The van der Waals surface area contributed by atoms with Crippen molar-refractivity contribution in [3.63, 3.8) is 0 Å². The third-order valence-electron chi connectivity index (χ3n) is 7.23. The van der Waals surface area contributed by atoms with Crippen LogP contribution in [0, 0.1) is 17.8 Å². The SMILES string of the molecule is C=C(/N=C(\C)N(N)C(C)c1ccc(Cl)cc1Cl)N1CC(C2CCCNC2)C1.O=C(O)C1CCC1. The number of amidine groups is 1. The van der Waals surface area contributed by atoms with Crippen molar-refractivity contribution in [3.05, 3.63) is 46.2 Å². The molecule has 0 bridgehead atoms. The van der Waals surface area contributed by atoms with Gasteiger partial charge in [0.2, 0.25) is 0 Å². The maximum Gasteiger partial charge on any atom is 0.306 e. The molecule has 9 heteroatoms. The molecule has 4 N–H and O–H groups in total. The van der Waals surface area contributed by atoms with Gasteiger partial charge in [0.1, 0.15) is 11.7 Å². The first-order valence-electron chi connectivity index (χ1n) is 12.1. The first-order valence-corrected chi connectivity index (χ1v) is 12.8. The molecule has 2 saturated heterocycles. The topological polar surface area (TPSA) is 94.2 Å². The third-order valence-corrected chi connectivity index (χ3v) is 7.79. The fraction of sp³-hybridized carbons (Fsp3) is 0.600. The van der Waals surface area contributed by atoms with Gasteiger partial charge in [-0.15, -0.1) is 0 Å². The molecule has 4 rings (SSSR count). The summed E-state index contributed by atoms with van der Waals surface area (Å²) in [5.41, 5.74) is 0.914. The van der Waals surface area contributed by atoms with E-state index < -0.39 is 5.97 Å². The number of hydrazine groups is 1. The Morgan fingerprint density at radius 2 is 1.97 bits per heavy atom. The van der Waals surface area contributed by atoms with Gasteiger partial charge in [0.25, 0.3) is 0 Å². The summed E-state index contributed by atoms with van der Waals surface area (Å²) >= 11 is 12.3. The Labute approximate surface area is 213 Å². The molecular weight excluding hydrogens is 473 g/mol. The van der Waals surface area contributed by atoms with Crippen LogP contribution >= 0.6 is 23.2 Å². The van der Waals surface area contributed by atoms with Gasteiger partial charge in [-0.3, -0.25) is 9.80 Å². The molecule has 1 saturated carbocycles. The van der Waals surface area contributed by atoms with Crippen molar-refractivity contribution in [3.8, 4) is 0 Å². The Hall–Kier alpha value is -1.80. The fourth-order valence-corrected chi connectivity index (χ4v) is 5.11. The highest BCUT2D eigenvalue weighted by Gasteiger charge is 2.34. The van der Waals surface area contributed by atoms with Gasteiger partial charge >= 0.3 is 5.97 Å². The minimum atomic E-state index is -0.619. The van der Waals surface area contributed by atoms with Crippen LogP contribution in [0.3, 0.4) is 0 Å². The molecule has 0 spiro atoms. The van der Waals surface area contributed by atoms with Crippen molar-refractivity contribution in [1.82, 2.24) is 15.2 Å². The largest absolute Gasteiger partial charge is 0.481 e. The van der Waals surface area contributed by atoms with Crippen LogP contribution < -0.4 is 11.2 Å². The molecule has 1 aromatic carbocycles. The zero-order valence-electron chi connectivity index (χ0n) is 20.1. The molecule has 188 valence electrons. The van der Waals surface area contributed by atoms with E-state index in [2.05, 4.69) is 21.8 Å². The molecule has 2 aliphatic heterocycles. The molecular formula is C25H37Cl2N5O2. The number of benzene rings is 1. The third kappa shape index (κ3) is 6.87. The number of likely N-dealkylation sites (tertiary alicyclic amines) is 1. The van der Waals surface area contributed by atoms with Crippen molar-refractivity contribution >= 4 is 35.0 Å². The summed E-state index contributed by atoms with van der Waals surface area (Å²) in [5.74, 6) is 8.69. The first-order chi connectivity index (χ1) is 16.2. The highest BCUT2D eigenvalue weighted by Crippen LogP contribution is 2.32. The summed E-state index contributed by atoms with van der Waals surface area (Å²) in [5, 5.41) is 14.6. The summed E-state index contributed by atoms with van der Waals surface area (Å²) in [4.78, 5) is 16.9. The van der Waals surface area contributed by atoms with Crippen molar-refractivity contribution in [2.75, 3.05) is 26.2 Å². The van der Waals surface area contributed by atoms with E-state index in [-0.39, 0.29) is 12.0 Å². The number of carboxylic acid groups (broad SMARTS) is 1. The van der Waals surface area contributed by atoms with Gasteiger partial charge in [-0.25, -0.2) is 10.8 Å². The normalized spacial score (nSPS) is 22.1. The molecule has 1 aromatic rings. The molecule has 0 radical (unpaired) electrons. The van der Waals surface area contributed by atoms with Gasteiger partial charge < -0.3 is 15.3 Å². The van der Waals surface area contributed by atoms with Crippen LogP contribution in [0.15, 0.2) is 35.6 Å².